The number of amides is 1. The lowest BCUT2D eigenvalue weighted by Gasteiger charge is -2.11. The monoisotopic (exact) mass is 256 g/mol. The molecule has 1 aromatic heterocycles. The molecule has 0 aliphatic carbocycles. The van der Waals surface area contributed by atoms with Gasteiger partial charge in [-0.25, -0.2) is 0 Å². The van der Waals surface area contributed by atoms with Crippen molar-refractivity contribution in [2.45, 2.75) is 32.6 Å². The largest absolute Gasteiger partial charge is 0.395 e. The molecular weight excluding hydrogens is 236 g/mol. The fourth-order valence-corrected chi connectivity index (χ4v) is 1.72. The van der Waals surface area contributed by atoms with Gasteiger partial charge in [-0.3, -0.25) is 9.48 Å². The van der Waals surface area contributed by atoms with Crippen molar-refractivity contribution in [1.82, 2.24) is 15.1 Å². The van der Waals surface area contributed by atoms with E-state index in [-0.39, 0.29) is 5.91 Å². The third-order valence-corrected chi connectivity index (χ3v) is 3.61. The van der Waals surface area contributed by atoms with Crippen molar-refractivity contribution >= 4 is 23.4 Å². The molecule has 0 bridgehead atoms. The SMILES string of the molecule is CCn1nc(C)c(N)c1C(=O)NCC(C)SC. The Morgan fingerprint density at radius 1 is 1.65 bits per heavy atom. The van der Waals surface area contributed by atoms with Gasteiger partial charge in [-0.05, 0) is 20.1 Å². The topological polar surface area (TPSA) is 72.9 Å². The minimum Gasteiger partial charge on any atom is -0.395 e. The molecule has 0 fully saturated rings. The van der Waals surface area contributed by atoms with Crippen molar-refractivity contribution in [1.29, 1.82) is 0 Å². The molecule has 0 radical (unpaired) electrons. The summed E-state index contributed by atoms with van der Waals surface area (Å²) in [6.45, 7) is 7.08. The van der Waals surface area contributed by atoms with Gasteiger partial charge in [-0.15, -0.1) is 0 Å². The molecule has 1 atom stereocenters. The van der Waals surface area contributed by atoms with E-state index < -0.39 is 0 Å². The summed E-state index contributed by atoms with van der Waals surface area (Å²) in [6, 6.07) is 0. The molecule has 17 heavy (non-hydrogen) atoms. The fraction of sp³-hybridized carbons (Fsp3) is 0.636. The van der Waals surface area contributed by atoms with Gasteiger partial charge in [-0.2, -0.15) is 16.9 Å². The predicted octanol–water partition coefficient (Wildman–Crippen LogP) is 1.27. The van der Waals surface area contributed by atoms with Crippen LogP contribution in [-0.4, -0.2) is 33.7 Å². The number of aryl methyl sites for hydroxylation is 2. The van der Waals surface area contributed by atoms with Crippen LogP contribution in [0.3, 0.4) is 0 Å². The van der Waals surface area contributed by atoms with E-state index in [1.54, 1.807) is 16.4 Å². The lowest BCUT2D eigenvalue weighted by Crippen LogP contribution is -2.31. The number of thioether (sulfide) groups is 1. The molecule has 1 aromatic rings. The summed E-state index contributed by atoms with van der Waals surface area (Å²) in [5.41, 5.74) is 7.52. The van der Waals surface area contributed by atoms with Gasteiger partial charge in [-0.1, -0.05) is 6.92 Å². The molecule has 0 aromatic carbocycles. The van der Waals surface area contributed by atoms with Gasteiger partial charge in [0.15, 0.2) is 0 Å². The smallest absolute Gasteiger partial charge is 0.271 e. The first-order chi connectivity index (χ1) is 8.01. The normalized spacial score (nSPS) is 12.5. The van der Waals surface area contributed by atoms with Crippen molar-refractivity contribution in [3.8, 4) is 0 Å². The van der Waals surface area contributed by atoms with Gasteiger partial charge in [0.1, 0.15) is 5.69 Å². The molecule has 1 heterocycles. The van der Waals surface area contributed by atoms with E-state index in [0.29, 0.717) is 35.4 Å². The molecule has 0 aliphatic heterocycles. The highest BCUT2D eigenvalue weighted by molar-refractivity contribution is 7.99. The number of rotatable bonds is 5. The van der Waals surface area contributed by atoms with Gasteiger partial charge in [0.05, 0.1) is 11.4 Å². The number of nitrogens with zero attached hydrogens (tertiary/aromatic N) is 2. The van der Waals surface area contributed by atoms with Crippen LogP contribution in [0, 0.1) is 6.92 Å². The van der Waals surface area contributed by atoms with Crippen LogP contribution in [0.4, 0.5) is 5.69 Å². The lowest BCUT2D eigenvalue weighted by atomic mass is 10.3. The molecule has 0 saturated carbocycles. The molecule has 1 amide bonds. The van der Waals surface area contributed by atoms with Crippen molar-refractivity contribution in [3.63, 3.8) is 0 Å². The Hall–Kier alpha value is -1.17. The minimum atomic E-state index is -0.147. The molecule has 3 N–H and O–H groups in total. The predicted molar refractivity (Wildman–Crippen MR) is 72.4 cm³/mol. The first-order valence-corrected chi connectivity index (χ1v) is 6.93. The van der Waals surface area contributed by atoms with Gasteiger partial charge in [0.25, 0.3) is 5.91 Å². The Labute approximate surface area is 106 Å². The van der Waals surface area contributed by atoms with Crippen LogP contribution >= 0.6 is 11.8 Å². The Morgan fingerprint density at radius 3 is 2.82 bits per heavy atom. The Morgan fingerprint density at radius 2 is 2.29 bits per heavy atom. The average molecular weight is 256 g/mol. The van der Waals surface area contributed by atoms with E-state index in [0.717, 1.165) is 0 Å². The first-order valence-electron chi connectivity index (χ1n) is 5.65. The van der Waals surface area contributed by atoms with Gasteiger partial charge in [0, 0.05) is 18.3 Å². The number of nitrogens with two attached hydrogens (primary N) is 1. The van der Waals surface area contributed by atoms with Gasteiger partial charge >= 0.3 is 0 Å². The van der Waals surface area contributed by atoms with Crippen LogP contribution in [0.25, 0.3) is 0 Å². The van der Waals surface area contributed by atoms with E-state index in [4.69, 9.17) is 5.73 Å². The Balaban J connectivity index is 2.81. The summed E-state index contributed by atoms with van der Waals surface area (Å²) in [5.74, 6) is -0.147. The minimum absolute atomic E-state index is 0.147. The number of hydrogen-bond acceptors (Lipinski definition) is 4. The van der Waals surface area contributed by atoms with Crippen molar-refractivity contribution in [3.05, 3.63) is 11.4 Å². The van der Waals surface area contributed by atoms with Crippen LogP contribution in [0.15, 0.2) is 0 Å². The summed E-state index contributed by atoms with van der Waals surface area (Å²) in [6.07, 6.45) is 2.02. The molecule has 1 rings (SSSR count). The summed E-state index contributed by atoms with van der Waals surface area (Å²) >= 11 is 1.71. The van der Waals surface area contributed by atoms with E-state index >= 15 is 0 Å². The molecule has 96 valence electrons. The van der Waals surface area contributed by atoms with Crippen molar-refractivity contribution < 1.29 is 4.79 Å². The van der Waals surface area contributed by atoms with Crippen molar-refractivity contribution in [2.75, 3.05) is 18.5 Å². The van der Waals surface area contributed by atoms with Crippen LogP contribution in [-0.2, 0) is 6.54 Å². The van der Waals surface area contributed by atoms with E-state index in [9.17, 15) is 4.79 Å². The summed E-state index contributed by atoms with van der Waals surface area (Å²) in [4.78, 5) is 12.0. The maximum atomic E-state index is 12.0. The molecule has 0 aliphatic rings. The number of carbonyl (C=O) groups is 1. The van der Waals surface area contributed by atoms with E-state index in [2.05, 4.69) is 17.3 Å². The summed E-state index contributed by atoms with van der Waals surface area (Å²) in [5, 5.41) is 7.49. The molecule has 6 heteroatoms. The summed E-state index contributed by atoms with van der Waals surface area (Å²) < 4.78 is 1.64. The van der Waals surface area contributed by atoms with Crippen molar-refractivity contribution in [2.24, 2.45) is 0 Å². The number of carbonyl (C=O) groups excluding carboxylic acids is 1. The molecule has 1 unspecified atom stereocenters. The zero-order chi connectivity index (χ0) is 13.0. The molecule has 0 saturated heterocycles. The van der Waals surface area contributed by atoms with E-state index in [1.165, 1.54) is 0 Å². The molecular formula is C11H20N4OS. The first kappa shape index (κ1) is 13.9. The zero-order valence-electron chi connectivity index (χ0n) is 10.8. The average Bonchev–Trinajstić information content (AvgIpc) is 2.61. The van der Waals surface area contributed by atoms with E-state index in [1.807, 2.05) is 20.1 Å². The number of nitrogens with one attached hydrogen (secondary N) is 1. The fourth-order valence-electron chi connectivity index (χ4n) is 1.47. The standard InChI is InChI=1S/C11H20N4OS/c1-5-15-10(9(12)8(3)14-15)11(16)13-6-7(2)17-4/h7H,5-6,12H2,1-4H3,(H,13,16). The van der Waals surface area contributed by atoms with Crippen LogP contribution in [0.1, 0.15) is 30.0 Å². The highest BCUT2D eigenvalue weighted by atomic mass is 32.2. The third-order valence-electron chi connectivity index (χ3n) is 2.64. The second-order valence-electron chi connectivity index (χ2n) is 3.92. The Bertz CT molecular complexity index is 402. The maximum Gasteiger partial charge on any atom is 0.271 e. The molecule has 5 nitrogen and oxygen atoms in total. The second kappa shape index (κ2) is 5.95. The quantitative estimate of drug-likeness (QED) is 0.832. The number of anilines is 1. The van der Waals surface area contributed by atoms with Gasteiger partial charge in [0.2, 0.25) is 0 Å². The number of aromatic nitrogens is 2. The maximum absolute atomic E-state index is 12.0. The Kier molecular flexibility index (Phi) is 4.86. The highest BCUT2D eigenvalue weighted by Gasteiger charge is 2.18. The van der Waals surface area contributed by atoms with Crippen LogP contribution in [0.2, 0.25) is 0 Å². The molecule has 0 spiro atoms. The van der Waals surface area contributed by atoms with Crippen LogP contribution in [0.5, 0.6) is 0 Å². The zero-order valence-corrected chi connectivity index (χ0v) is 11.6. The second-order valence-corrected chi connectivity index (χ2v) is 5.20. The number of nitrogen functional groups attached to an aromatic ring is 1. The van der Waals surface area contributed by atoms with Crippen LogP contribution < -0.4 is 11.1 Å². The summed E-state index contributed by atoms with van der Waals surface area (Å²) in [7, 11) is 0. The lowest BCUT2D eigenvalue weighted by molar-refractivity contribution is 0.0944. The third kappa shape index (κ3) is 3.15. The highest BCUT2D eigenvalue weighted by Crippen LogP contribution is 2.16. The van der Waals surface area contributed by atoms with Gasteiger partial charge < -0.3 is 11.1 Å². The number of hydrogen-bond donors (Lipinski definition) is 2.